The molecule has 0 aliphatic heterocycles. The van der Waals surface area contributed by atoms with Gasteiger partial charge in [0.2, 0.25) is 0 Å². The van der Waals surface area contributed by atoms with Crippen molar-refractivity contribution in [3.8, 4) is 0 Å². The number of carbonyl (C=O) groups excluding carboxylic acids is 2. The monoisotopic (exact) mass is 362 g/mol. The third-order valence-corrected chi connectivity index (χ3v) is 5.50. The molecule has 0 aromatic carbocycles. The highest BCUT2D eigenvalue weighted by atomic mass is 32.1. The Hall–Kier alpha value is -1.82. The van der Waals surface area contributed by atoms with Gasteiger partial charge in [0.15, 0.2) is 6.10 Å². The Morgan fingerprint density at radius 2 is 2.08 bits per heavy atom. The minimum Gasteiger partial charge on any atom is -0.448 e. The van der Waals surface area contributed by atoms with E-state index in [0.29, 0.717) is 12.1 Å². The van der Waals surface area contributed by atoms with Gasteiger partial charge in [-0.15, -0.1) is 11.3 Å². The molecule has 25 heavy (non-hydrogen) atoms. The predicted octanol–water partition coefficient (Wildman–Crippen LogP) is 4.25. The van der Waals surface area contributed by atoms with Gasteiger partial charge in [0.1, 0.15) is 5.69 Å². The lowest BCUT2D eigenvalue weighted by Crippen LogP contribution is -2.44. The van der Waals surface area contributed by atoms with Crippen LogP contribution in [0.4, 0.5) is 0 Å². The van der Waals surface area contributed by atoms with E-state index in [0.717, 1.165) is 35.9 Å². The molecule has 1 amide bonds. The lowest BCUT2D eigenvalue weighted by Gasteiger charge is -2.26. The molecule has 0 spiro atoms. The predicted molar refractivity (Wildman–Crippen MR) is 99.8 cm³/mol. The fourth-order valence-corrected chi connectivity index (χ4v) is 4.11. The number of carbonyl (C=O) groups is 2. The Kier molecular flexibility index (Phi) is 5.78. The number of ether oxygens (including phenoxy) is 1. The van der Waals surface area contributed by atoms with E-state index in [1.165, 1.54) is 6.42 Å². The van der Waals surface area contributed by atoms with Gasteiger partial charge >= 0.3 is 5.97 Å². The molecule has 1 saturated carbocycles. The van der Waals surface area contributed by atoms with Gasteiger partial charge in [-0.05, 0) is 42.7 Å². The maximum atomic E-state index is 12.6. The molecular weight excluding hydrogens is 336 g/mol. The first-order valence-electron chi connectivity index (χ1n) is 9.10. The minimum absolute atomic E-state index is 0.165. The first kappa shape index (κ1) is 18.0. The number of nitrogens with one attached hydrogen (secondary N) is 2. The molecular formula is C19H26N2O3S. The molecule has 6 heteroatoms. The van der Waals surface area contributed by atoms with E-state index < -0.39 is 12.1 Å². The number of aromatic nitrogens is 1. The Bertz CT molecular complexity index is 699. The van der Waals surface area contributed by atoms with Gasteiger partial charge in [-0.1, -0.05) is 33.1 Å². The molecule has 2 aromatic heterocycles. The summed E-state index contributed by atoms with van der Waals surface area (Å²) in [6.45, 7) is 4.05. The van der Waals surface area contributed by atoms with Crippen molar-refractivity contribution in [2.45, 2.75) is 64.5 Å². The van der Waals surface area contributed by atoms with E-state index >= 15 is 0 Å². The molecule has 2 heterocycles. The molecule has 136 valence electrons. The van der Waals surface area contributed by atoms with Crippen molar-refractivity contribution in [1.29, 1.82) is 0 Å². The molecule has 2 aromatic rings. The van der Waals surface area contributed by atoms with E-state index in [9.17, 15) is 9.59 Å². The van der Waals surface area contributed by atoms with Gasteiger partial charge in [-0.3, -0.25) is 4.79 Å². The summed E-state index contributed by atoms with van der Waals surface area (Å²) in [5.41, 5.74) is 1.32. The fraction of sp³-hybridized carbons (Fsp3) is 0.579. The summed E-state index contributed by atoms with van der Waals surface area (Å²) < 4.78 is 6.59. The number of amides is 1. The van der Waals surface area contributed by atoms with E-state index in [4.69, 9.17) is 4.74 Å². The van der Waals surface area contributed by atoms with Crippen LogP contribution < -0.4 is 5.32 Å². The number of thiophene rings is 1. The minimum atomic E-state index is -0.740. The number of rotatable bonds is 6. The van der Waals surface area contributed by atoms with Crippen molar-refractivity contribution in [2.24, 2.45) is 5.92 Å². The first-order valence-corrected chi connectivity index (χ1v) is 9.98. The van der Waals surface area contributed by atoms with Crippen LogP contribution in [0.3, 0.4) is 0 Å². The quantitative estimate of drug-likeness (QED) is 0.755. The Morgan fingerprint density at radius 1 is 1.32 bits per heavy atom. The smallest absolute Gasteiger partial charge is 0.355 e. The number of H-pyrrole nitrogens is 1. The summed E-state index contributed by atoms with van der Waals surface area (Å²) in [6, 6.07) is 3.93. The fourth-order valence-electron chi connectivity index (χ4n) is 3.33. The molecule has 1 aliphatic carbocycles. The highest BCUT2D eigenvalue weighted by molar-refractivity contribution is 7.17. The second kappa shape index (κ2) is 8.04. The number of fused-ring (bicyclic) bond motifs is 1. The van der Waals surface area contributed by atoms with Gasteiger partial charge in [0, 0.05) is 6.04 Å². The topological polar surface area (TPSA) is 71.2 Å². The highest BCUT2D eigenvalue weighted by Gasteiger charge is 2.27. The second-order valence-electron chi connectivity index (χ2n) is 7.25. The van der Waals surface area contributed by atoms with Gasteiger partial charge in [-0.25, -0.2) is 4.79 Å². The Morgan fingerprint density at radius 3 is 2.76 bits per heavy atom. The Balaban J connectivity index is 1.65. The average molecular weight is 362 g/mol. The van der Waals surface area contributed by atoms with Crippen molar-refractivity contribution in [1.82, 2.24) is 10.3 Å². The summed E-state index contributed by atoms with van der Waals surface area (Å²) in [4.78, 5) is 28.2. The number of hydrogen-bond donors (Lipinski definition) is 2. The first-order chi connectivity index (χ1) is 12.0. The van der Waals surface area contributed by atoms with Gasteiger partial charge < -0.3 is 15.0 Å². The van der Waals surface area contributed by atoms with Crippen LogP contribution in [-0.2, 0) is 9.53 Å². The summed E-state index contributed by atoms with van der Waals surface area (Å²) in [6.07, 6.45) is 5.36. The lowest BCUT2D eigenvalue weighted by molar-refractivity contribution is -0.131. The molecule has 1 aliphatic rings. The molecule has 5 nitrogen and oxygen atoms in total. The highest BCUT2D eigenvalue weighted by Crippen LogP contribution is 2.23. The van der Waals surface area contributed by atoms with E-state index in [2.05, 4.69) is 10.3 Å². The molecule has 0 saturated heterocycles. The molecule has 0 radical (unpaired) electrons. The van der Waals surface area contributed by atoms with Crippen LogP contribution in [0, 0.1) is 5.92 Å². The lowest BCUT2D eigenvalue weighted by atomic mass is 9.95. The number of hydrogen-bond acceptors (Lipinski definition) is 4. The van der Waals surface area contributed by atoms with Gasteiger partial charge in [0.25, 0.3) is 5.91 Å². The van der Waals surface area contributed by atoms with Crippen LogP contribution >= 0.6 is 11.3 Å². The normalized spacial score (nSPS) is 16.9. The van der Waals surface area contributed by atoms with Crippen LogP contribution in [0.2, 0.25) is 0 Å². The third-order valence-electron chi connectivity index (χ3n) is 4.64. The van der Waals surface area contributed by atoms with Crippen LogP contribution in [0.15, 0.2) is 17.5 Å². The van der Waals surface area contributed by atoms with Crippen LogP contribution in [0.25, 0.3) is 10.2 Å². The van der Waals surface area contributed by atoms with Crippen molar-refractivity contribution in [2.75, 3.05) is 0 Å². The maximum Gasteiger partial charge on any atom is 0.355 e. The van der Waals surface area contributed by atoms with Crippen LogP contribution in [-0.4, -0.2) is 29.0 Å². The SMILES string of the molecule is CC(C)C[C@@H](OC(=O)c1cc2sccc2[nH]1)C(=O)NC1CCCCC1. The summed E-state index contributed by atoms with van der Waals surface area (Å²) in [5.74, 6) is -0.364. The molecule has 3 rings (SSSR count). The van der Waals surface area contributed by atoms with Crippen LogP contribution in [0.5, 0.6) is 0 Å². The zero-order valence-corrected chi connectivity index (χ0v) is 15.7. The molecule has 0 unspecified atom stereocenters. The molecule has 0 bridgehead atoms. The van der Waals surface area contributed by atoms with E-state index in [-0.39, 0.29) is 17.9 Å². The van der Waals surface area contributed by atoms with Crippen LogP contribution in [0.1, 0.15) is 62.9 Å². The molecule has 1 fully saturated rings. The average Bonchev–Trinajstić information content (AvgIpc) is 3.16. The zero-order chi connectivity index (χ0) is 17.8. The van der Waals surface area contributed by atoms with Gasteiger partial charge in [-0.2, -0.15) is 0 Å². The zero-order valence-electron chi connectivity index (χ0n) is 14.8. The summed E-state index contributed by atoms with van der Waals surface area (Å²) in [7, 11) is 0. The van der Waals surface area contributed by atoms with Gasteiger partial charge in [0.05, 0.1) is 10.2 Å². The number of esters is 1. The van der Waals surface area contributed by atoms with Crippen molar-refractivity contribution in [3.63, 3.8) is 0 Å². The number of aromatic amines is 1. The van der Waals surface area contributed by atoms with Crippen molar-refractivity contribution < 1.29 is 14.3 Å². The Labute approximate surface area is 152 Å². The largest absolute Gasteiger partial charge is 0.448 e. The summed E-state index contributed by atoms with van der Waals surface area (Å²) >= 11 is 1.57. The van der Waals surface area contributed by atoms with E-state index in [1.807, 2.05) is 25.3 Å². The molecule has 1 atom stereocenters. The molecule has 2 N–H and O–H groups in total. The van der Waals surface area contributed by atoms with Crippen molar-refractivity contribution in [3.05, 3.63) is 23.2 Å². The van der Waals surface area contributed by atoms with E-state index in [1.54, 1.807) is 17.4 Å². The third kappa shape index (κ3) is 4.63. The maximum absolute atomic E-state index is 12.6. The summed E-state index contributed by atoms with van der Waals surface area (Å²) in [5, 5.41) is 5.05. The van der Waals surface area contributed by atoms with Crippen molar-refractivity contribution >= 4 is 33.4 Å². The second-order valence-corrected chi connectivity index (χ2v) is 8.20. The standard InChI is InChI=1S/C19H26N2O3S/c1-12(2)10-16(18(22)20-13-6-4-3-5-7-13)24-19(23)15-11-17-14(21-15)8-9-25-17/h8-9,11-13,16,21H,3-7,10H2,1-2H3,(H,20,22)/t16-/m1/s1.